The van der Waals surface area contributed by atoms with Crippen molar-refractivity contribution in [3.63, 3.8) is 0 Å². The summed E-state index contributed by atoms with van der Waals surface area (Å²) in [5, 5.41) is 13.8. The van der Waals surface area contributed by atoms with Gasteiger partial charge in [-0.05, 0) is 41.1 Å². The normalized spacial score (nSPS) is 16.8. The van der Waals surface area contributed by atoms with Gasteiger partial charge in [-0.25, -0.2) is 14.8 Å². The third kappa shape index (κ3) is 5.61. The molecule has 0 radical (unpaired) electrons. The third-order valence-electron chi connectivity index (χ3n) is 7.58. The summed E-state index contributed by atoms with van der Waals surface area (Å²) in [4.78, 5) is 41.6. The lowest BCUT2D eigenvalue weighted by Gasteiger charge is -2.26. The fourth-order valence-electron chi connectivity index (χ4n) is 5.43. The van der Waals surface area contributed by atoms with E-state index < -0.39 is 0 Å². The van der Waals surface area contributed by atoms with Crippen molar-refractivity contribution in [1.82, 2.24) is 44.6 Å². The van der Waals surface area contributed by atoms with Crippen LogP contribution in [0.1, 0.15) is 33.8 Å². The Morgan fingerprint density at radius 1 is 1.21 bits per heavy atom. The number of esters is 1. The molecule has 7 rings (SSSR count). The van der Waals surface area contributed by atoms with Gasteiger partial charge >= 0.3 is 5.97 Å². The zero-order valence-electron chi connectivity index (χ0n) is 22.8. The number of carbonyl (C=O) groups is 1. The van der Waals surface area contributed by atoms with Crippen molar-refractivity contribution in [2.24, 2.45) is 0 Å². The summed E-state index contributed by atoms with van der Waals surface area (Å²) < 4.78 is 14.0. The summed E-state index contributed by atoms with van der Waals surface area (Å²) in [5.41, 5.74) is 3.20. The molecule has 13 nitrogen and oxygen atoms in total. The number of H-pyrrole nitrogens is 1. The monoisotopic (exact) mass is 619 g/mol. The van der Waals surface area contributed by atoms with Crippen LogP contribution in [-0.4, -0.2) is 90.1 Å². The van der Waals surface area contributed by atoms with E-state index in [9.17, 15) is 9.59 Å². The molecule has 0 bridgehead atoms. The number of rotatable bonds is 8. The van der Waals surface area contributed by atoms with Crippen LogP contribution >= 0.6 is 22.9 Å². The zero-order chi connectivity index (χ0) is 29.3. The highest BCUT2D eigenvalue weighted by molar-refractivity contribution is 7.12. The van der Waals surface area contributed by atoms with Gasteiger partial charge in [0.05, 0.1) is 42.5 Å². The van der Waals surface area contributed by atoms with Crippen LogP contribution in [0.4, 0.5) is 0 Å². The average Bonchev–Trinajstić information content (AvgIpc) is 3.84. The van der Waals surface area contributed by atoms with Gasteiger partial charge in [0, 0.05) is 53.7 Å². The van der Waals surface area contributed by atoms with E-state index in [0.29, 0.717) is 77.7 Å². The Bertz CT molecular complexity index is 1830. The second kappa shape index (κ2) is 11.8. The van der Waals surface area contributed by atoms with Crippen molar-refractivity contribution in [2.75, 3.05) is 39.5 Å². The summed E-state index contributed by atoms with van der Waals surface area (Å²) in [6.07, 6.45) is 4.46. The number of morpholine rings is 1. The van der Waals surface area contributed by atoms with E-state index in [1.54, 1.807) is 35.0 Å². The summed E-state index contributed by atoms with van der Waals surface area (Å²) in [5.74, 6) is 0.972. The van der Waals surface area contributed by atoms with Crippen molar-refractivity contribution in [2.45, 2.75) is 18.9 Å². The van der Waals surface area contributed by atoms with E-state index in [0.717, 1.165) is 24.3 Å². The molecule has 220 valence electrons. The Morgan fingerprint density at radius 2 is 2.09 bits per heavy atom. The number of aryl methyl sites for hydroxylation is 1. The van der Waals surface area contributed by atoms with Crippen LogP contribution in [0.15, 0.2) is 53.0 Å². The molecule has 0 unspecified atom stereocenters. The lowest BCUT2D eigenvalue weighted by Crippen LogP contribution is -2.38. The van der Waals surface area contributed by atoms with Crippen molar-refractivity contribution in [3.05, 3.63) is 80.1 Å². The molecular weight excluding hydrogens is 594 g/mol. The second-order valence-electron chi connectivity index (χ2n) is 10.2. The predicted octanol–water partition coefficient (Wildman–Crippen LogP) is 3.02. The molecule has 43 heavy (non-hydrogen) atoms. The molecule has 1 atom stereocenters. The number of aromatic amines is 1. The first-order valence-corrected chi connectivity index (χ1v) is 15.1. The molecule has 1 aromatic carbocycles. The Hall–Kier alpha value is -4.24. The third-order valence-corrected chi connectivity index (χ3v) is 8.72. The van der Waals surface area contributed by atoms with Gasteiger partial charge in [0.1, 0.15) is 29.5 Å². The number of carbonyl (C=O) groups excluding carboxylic acids is 1. The predicted molar refractivity (Wildman–Crippen MR) is 158 cm³/mol. The largest absolute Gasteiger partial charge is 0.460 e. The van der Waals surface area contributed by atoms with E-state index in [1.807, 2.05) is 5.38 Å². The standard InChI is InChI=1S/C28H26ClN9O4S/c29-18-1-2-22(37-16-31-34-35-37)19(12-18)20-13-26(39)38-23(3-4-25(38)32-20)27-30-14-21(33-27)17-11-24(43-15-17)28(40)42-10-7-36-5-8-41-9-6-36/h1-2,11-16,23H,3-10H2,(H,30,33)/t23-/m0/s1. The zero-order valence-corrected chi connectivity index (χ0v) is 24.4. The second-order valence-corrected chi connectivity index (χ2v) is 11.6. The number of nitrogens with zero attached hydrogens (tertiary/aromatic N) is 8. The lowest BCUT2D eigenvalue weighted by molar-refractivity contribution is 0.0197. The minimum absolute atomic E-state index is 0.194. The number of thiophene rings is 1. The molecule has 6 heterocycles. The van der Waals surface area contributed by atoms with Gasteiger partial charge < -0.3 is 14.5 Å². The molecule has 1 fully saturated rings. The molecule has 0 amide bonds. The van der Waals surface area contributed by atoms with Crippen LogP contribution in [0.25, 0.3) is 28.2 Å². The highest BCUT2D eigenvalue weighted by Gasteiger charge is 2.29. The Balaban J connectivity index is 1.08. The number of imidazole rings is 1. The number of halogens is 1. The fraction of sp³-hybridized carbons (Fsp3) is 0.321. The number of hydrogen-bond donors (Lipinski definition) is 1. The van der Waals surface area contributed by atoms with E-state index >= 15 is 0 Å². The fourth-order valence-corrected chi connectivity index (χ4v) is 6.40. The Labute approximate surface area is 254 Å². The molecule has 5 aromatic rings. The molecule has 1 saturated heterocycles. The molecular formula is C28H26ClN9O4S. The highest BCUT2D eigenvalue weighted by Crippen LogP contribution is 2.33. The number of benzene rings is 1. The van der Waals surface area contributed by atoms with Crippen LogP contribution in [0, 0.1) is 0 Å². The maximum absolute atomic E-state index is 13.5. The van der Waals surface area contributed by atoms with E-state index in [-0.39, 0.29) is 17.6 Å². The summed E-state index contributed by atoms with van der Waals surface area (Å²) in [7, 11) is 0. The van der Waals surface area contributed by atoms with Crippen LogP contribution in [-0.2, 0) is 15.9 Å². The minimum atomic E-state index is -0.342. The number of nitrogens with one attached hydrogen (secondary N) is 1. The van der Waals surface area contributed by atoms with Gasteiger partial charge in [-0.1, -0.05) is 11.6 Å². The molecule has 2 aliphatic rings. The minimum Gasteiger partial charge on any atom is -0.460 e. The Kier molecular flexibility index (Phi) is 7.57. The molecule has 15 heteroatoms. The van der Waals surface area contributed by atoms with Gasteiger partial charge in [-0.3, -0.25) is 14.3 Å². The van der Waals surface area contributed by atoms with Crippen LogP contribution in [0.3, 0.4) is 0 Å². The van der Waals surface area contributed by atoms with Gasteiger partial charge in [0.25, 0.3) is 5.56 Å². The molecule has 2 aliphatic heterocycles. The first-order chi connectivity index (χ1) is 21.0. The van der Waals surface area contributed by atoms with E-state index in [2.05, 4.69) is 30.4 Å². The first kappa shape index (κ1) is 27.6. The molecule has 0 spiro atoms. The maximum atomic E-state index is 13.5. The average molecular weight is 620 g/mol. The molecule has 0 saturated carbocycles. The van der Waals surface area contributed by atoms with Crippen molar-refractivity contribution >= 4 is 28.9 Å². The summed E-state index contributed by atoms with van der Waals surface area (Å²) in [6.45, 7) is 4.14. The highest BCUT2D eigenvalue weighted by atomic mass is 35.5. The quantitative estimate of drug-likeness (QED) is 0.257. The topological polar surface area (TPSA) is 146 Å². The SMILES string of the molecule is O=C(OCCN1CCOCC1)c1cc(-c2cnc([C@@H]3CCc4nc(-c5cc(Cl)ccc5-n5cnnn5)cc(=O)n43)[nH]2)cs1. The number of aromatic nitrogens is 8. The Morgan fingerprint density at radius 3 is 2.93 bits per heavy atom. The van der Waals surface area contributed by atoms with Gasteiger partial charge in [-0.2, -0.15) is 4.68 Å². The van der Waals surface area contributed by atoms with Gasteiger partial charge in [-0.15, -0.1) is 16.4 Å². The number of ether oxygens (including phenoxy) is 2. The van der Waals surface area contributed by atoms with Gasteiger partial charge in [0.15, 0.2) is 0 Å². The molecule has 1 N–H and O–H groups in total. The number of hydrogen-bond acceptors (Lipinski definition) is 11. The van der Waals surface area contributed by atoms with Crippen molar-refractivity contribution in [3.8, 4) is 28.2 Å². The van der Waals surface area contributed by atoms with Crippen LogP contribution in [0.2, 0.25) is 5.02 Å². The first-order valence-electron chi connectivity index (χ1n) is 13.8. The smallest absolute Gasteiger partial charge is 0.348 e. The van der Waals surface area contributed by atoms with Gasteiger partial charge in [0.2, 0.25) is 0 Å². The number of tetrazole rings is 1. The van der Waals surface area contributed by atoms with Crippen molar-refractivity contribution in [1.29, 1.82) is 0 Å². The summed E-state index contributed by atoms with van der Waals surface area (Å²) in [6, 6.07) is 8.28. The molecule has 4 aromatic heterocycles. The van der Waals surface area contributed by atoms with Crippen LogP contribution in [0.5, 0.6) is 0 Å². The van der Waals surface area contributed by atoms with E-state index in [4.69, 9.17) is 26.1 Å². The maximum Gasteiger partial charge on any atom is 0.348 e. The lowest BCUT2D eigenvalue weighted by atomic mass is 10.1. The van der Waals surface area contributed by atoms with Crippen molar-refractivity contribution < 1.29 is 14.3 Å². The summed E-state index contributed by atoms with van der Waals surface area (Å²) >= 11 is 7.62. The molecule has 0 aliphatic carbocycles. The number of fused-ring (bicyclic) bond motifs is 1. The van der Waals surface area contributed by atoms with Crippen LogP contribution < -0.4 is 5.56 Å². The van der Waals surface area contributed by atoms with E-state index in [1.165, 1.54) is 28.4 Å².